The first-order valence-corrected chi connectivity index (χ1v) is 24.0. The van der Waals surface area contributed by atoms with E-state index in [2.05, 4.69) is 75.2 Å². The number of carbonyl (C=O) groups is 4. The zero-order valence-corrected chi connectivity index (χ0v) is 37.8. The molecular formula is C53H56N8O6. The topological polar surface area (TPSA) is 175 Å². The fourth-order valence-electron chi connectivity index (χ4n) is 10.8. The number of fused-ring (bicyclic) bond motifs is 4. The number of benzene rings is 4. The van der Waals surface area contributed by atoms with Crippen molar-refractivity contribution in [2.75, 3.05) is 33.4 Å². The van der Waals surface area contributed by atoms with Crippen LogP contribution in [0.5, 0.6) is 0 Å². The quantitative estimate of drug-likeness (QED) is 0.101. The maximum Gasteiger partial charge on any atom is 0.407 e. The largest absolute Gasteiger partial charge is 0.453 e. The monoisotopic (exact) mass is 900 g/mol. The van der Waals surface area contributed by atoms with Gasteiger partial charge >= 0.3 is 6.09 Å². The number of hydrogen-bond donors (Lipinski definition) is 4. The van der Waals surface area contributed by atoms with E-state index in [1.165, 1.54) is 12.7 Å². The van der Waals surface area contributed by atoms with Crippen LogP contribution in [0.2, 0.25) is 0 Å². The van der Waals surface area contributed by atoms with Crippen LogP contribution in [0.4, 0.5) is 4.79 Å². The summed E-state index contributed by atoms with van der Waals surface area (Å²) in [5, 5.41) is 8.14. The lowest BCUT2D eigenvalue weighted by atomic mass is 9.89. The first kappa shape index (κ1) is 42.8. The van der Waals surface area contributed by atoms with Crippen LogP contribution < -0.4 is 10.6 Å². The summed E-state index contributed by atoms with van der Waals surface area (Å²) < 4.78 is 10.5. The Morgan fingerprint density at radius 2 is 1.42 bits per heavy atom. The molecule has 5 aliphatic rings. The number of rotatable bonds is 11. The van der Waals surface area contributed by atoms with E-state index in [0.717, 1.165) is 120 Å². The summed E-state index contributed by atoms with van der Waals surface area (Å²) in [6, 6.07) is 27.1. The molecule has 3 saturated heterocycles. The lowest BCUT2D eigenvalue weighted by molar-refractivity contribution is -0.140. The van der Waals surface area contributed by atoms with Gasteiger partial charge in [-0.2, -0.15) is 0 Å². The van der Waals surface area contributed by atoms with E-state index in [4.69, 9.17) is 19.4 Å². The molecule has 4 atom stereocenters. The Balaban J connectivity index is 0.788. The van der Waals surface area contributed by atoms with Crippen LogP contribution in [0.1, 0.15) is 98.0 Å². The second-order valence-electron chi connectivity index (χ2n) is 18.8. The minimum absolute atomic E-state index is 0.0107. The van der Waals surface area contributed by atoms with Gasteiger partial charge in [0.2, 0.25) is 11.8 Å². The van der Waals surface area contributed by atoms with Crippen molar-refractivity contribution in [3.05, 3.63) is 120 Å². The Morgan fingerprint density at radius 1 is 0.731 bits per heavy atom. The van der Waals surface area contributed by atoms with Crippen LogP contribution in [-0.4, -0.2) is 93.0 Å². The molecule has 2 aliphatic carbocycles. The Hall–Kier alpha value is -6.80. The summed E-state index contributed by atoms with van der Waals surface area (Å²) in [5.74, 6) is 1.48. The number of aryl methyl sites for hydroxylation is 2. The number of nitrogens with one attached hydrogen (secondary N) is 4. The van der Waals surface area contributed by atoms with E-state index >= 15 is 0 Å². The second-order valence-corrected chi connectivity index (χ2v) is 18.8. The van der Waals surface area contributed by atoms with Gasteiger partial charge in [0.25, 0.3) is 5.91 Å². The second kappa shape index (κ2) is 18.1. The summed E-state index contributed by atoms with van der Waals surface area (Å²) in [6.45, 7) is 2.45. The van der Waals surface area contributed by atoms with Gasteiger partial charge in [-0.3, -0.25) is 14.4 Å². The highest BCUT2D eigenvalue weighted by molar-refractivity contribution is 5.92. The normalized spacial score (nSPS) is 20.3. The molecule has 344 valence electrons. The van der Waals surface area contributed by atoms with E-state index in [9.17, 15) is 19.2 Å². The summed E-state index contributed by atoms with van der Waals surface area (Å²) in [7, 11) is 1.29. The van der Waals surface area contributed by atoms with Crippen LogP contribution in [-0.2, 0) is 36.7 Å². The zero-order valence-electron chi connectivity index (χ0n) is 37.8. The summed E-state index contributed by atoms with van der Waals surface area (Å²) >= 11 is 0. The van der Waals surface area contributed by atoms with Crippen molar-refractivity contribution in [1.29, 1.82) is 0 Å². The van der Waals surface area contributed by atoms with Crippen molar-refractivity contribution < 1.29 is 28.7 Å². The Morgan fingerprint density at radius 3 is 2.16 bits per heavy atom. The van der Waals surface area contributed by atoms with Gasteiger partial charge in [-0.1, -0.05) is 72.8 Å². The van der Waals surface area contributed by atoms with Gasteiger partial charge in [0.05, 0.1) is 36.8 Å². The lowest BCUT2D eigenvalue weighted by Crippen LogP contribution is -2.53. The van der Waals surface area contributed by atoms with Crippen molar-refractivity contribution >= 4 is 34.6 Å². The standard InChI is InChI=1S/C53H56N8O6/c1-66-53(65)59-46(31-7-3-2-4-8-31)52(64)60-23-5-9-43(60)48-54-30-42(56-48)39-16-15-35-27-34(13-14-36(35)29-39)37-17-19-40-38(28-37)18-20-41-47(40)57-49(55-41)44-10-6-24-61(44)51(63)45(32-21-25-67-26-22-32)58-50(62)33-11-12-33/h2-4,7-8,13-17,19,27-30,32-33,43-46H,5-6,9-12,18,20-26H2,1H3,(H,54,56)(H,55,57)(H,58,62)(H,59,65). The summed E-state index contributed by atoms with van der Waals surface area (Å²) in [6.07, 6.45) is 9.55. The molecule has 4 N–H and O–H groups in total. The van der Waals surface area contributed by atoms with Crippen molar-refractivity contribution in [3.8, 4) is 33.6 Å². The molecule has 1 saturated carbocycles. The molecule has 11 rings (SSSR count). The van der Waals surface area contributed by atoms with Gasteiger partial charge in [-0.15, -0.1) is 0 Å². The molecule has 2 aromatic heterocycles. The van der Waals surface area contributed by atoms with Crippen molar-refractivity contribution in [1.82, 2.24) is 40.4 Å². The van der Waals surface area contributed by atoms with Gasteiger partial charge in [0.1, 0.15) is 23.7 Å². The van der Waals surface area contributed by atoms with Crippen LogP contribution in [0.3, 0.4) is 0 Å². The molecule has 6 aromatic rings. The van der Waals surface area contributed by atoms with E-state index in [0.29, 0.717) is 37.7 Å². The van der Waals surface area contributed by atoms with Gasteiger partial charge < -0.3 is 39.9 Å². The first-order chi connectivity index (χ1) is 32.8. The maximum absolute atomic E-state index is 14.3. The fraction of sp³-hybridized carbons (Fsp3) is 0.396. The number of methoxy groups -OCH3 is 1. The minimum Gasteiger partial charge on any atom is -0.453 e. The number of likely N-dealkylation sites (tertiary alicyclic amines) is 2. The molecule has 4 unspecified atom stereocenters. The lowest BCUT2D eigenvalue weighted by Gasteiger charge is -2.34. The molecule has 0 radical (unpaired) electrons. The Labute approximate surface area is 389 Å². The molecule has 0 bridgehead atoms. The van der Waals surface area contributed by atoms with Crippen LogP contribution in [0.25, 0.3) is 44.4 Å². The summed E-state index contributed by atoms with van der Waals surface area (Å²) in [5.41, 5.74) is 9.30. The van der Waals surface area contributed by atoms with E-state index in [1.54, 1.807) is 4.90 Å². The van der Waals surface area contributed by atoms with Gasteiger partial charge in [-0.25, -0.2) is 14.8 Å². The number of alkyl carbamates (subject to hydrolysis) is 1. The molecule has 67 heavy (non-hydrogen) atoms. The molecule has 3 aliphatic heterocycles. The highest BCUT2D eigenvalue weighted by Gasteiger charge is 2.42. The highest BCUT2D eigenvalue weighted by Crippen LogP contribution is 2.40. The Bertz CT molecular complexity index is 2850. The number of nitrogens with zero attached hydrogens (tertiary/aromatic N) is 4. The average molecular weight is 901 g/mol. The van der Waals surface area contributed by atoms with Crippen molar-refractivity contribution in [2.45, 2.75) is 88.4 Å². The maximum atomic E-state index is 14.3. The third kappa shape index (κ3) is 8.47. The highest BCUT2D eigenvalue weighted by atomic mass is 16.5. The van der Waals surface area contributed by atoms with Crippen molar-refractivity contribution in [3.63, 3.8) is 0 Å². The van der Waals surface area contributed by atoms with Crippen molar-refractivity contribution in [2.24, 2.45) is 11.8 Å². The number of carbonyl (C=O) groups excluding carboxylic acids is 4. The number of amides is 4. The number of H-pyrrole nitrogens is 2. The molecule has 0 spiro atoms. The van der Waals surface area contributed by atoms with Crippen LogP contribution in [0.15, 0.2) is 91.1 Å². The molecular weight excluding hydrogens is 845 g/mol. The third-order valence-electron chi connectivity index (χ3n) is 14.7. The molecule has 4 fully saturated rings. The SMILES string of the molecule is COC(=O)NC(C(=O)N1CCCC1c1ncc(-c2ccc3cc(-c4ccc5c(c4)CCc4[nH]c(C6CCCN6C(=O)C(NC(=O)C6CC6)C6CCOCC6)nc4-5)ccc3c2)[nH]1)c1ccccc1. The number of aromatic nitrogens is 4. The number of hydrogen-bond acceptors (Lipinski definition) is 8. The molecule has 14 nitrogen and oxygen atoms in total. The minimum atomic E-state index is -0.879. The third-order valence-corrected chi connectivity index (χ3v) is 14.7. The first-order valence-electron chi connectivity index (χ1n) is 24.0. The fourth-order valence-corrected chi connectivity index (χ4v) is 10.8. The number of ether oxygens (including phenoxy) is 2. The van der Waals surface area contributed by atoms with Crippen LogP contribution in [0, 0.1) is 11.8 Å². The average Bonchev–Trinajstić information content (AvgIpc) is 3.78. The predicted molar refractivity (Wildman–Crippen MR) is 252 cm³/mol. The van der Waals surface area contributed by atoms with E-state index in [-0.39, 0.29) is 41.6 Å². The smallest absolute Gasteiger partial charge is 0.407 e. The predicted octanol–water partition coefficient (Wildman–Crippen LogP) is 8.13. The molecule has 4 aromatic carbocycles. The summed E-state index contributed by atoms with van der Waals surface area (Å²) in [4.78, 5) is 74.6. The van der Waals surface area contributed by atoms with Gasteiger partial charge in [-0.05, 0) is 115 Å². The molecule has 4 amide bonds. The number of imidazole rings is 2. The Kier molecular flexibility index (Phi) is 11.6. The zero-order chi connectivity index (χ0) is 45.6. The van der Waals surface area contributed by atoms with E-state index < -0.39 is 18.2 Å². The molecule has 14 heteroatoms. The van der Waals surface area contributed by atoms with Gasteiger partial charge in [0, 0.05) is 49.0 Å². The van der Waals surface area contributed by atoms with Gasteiger partial charge in [0.15, 0.2) is 0 Å². The number of aromatic amines is 2. The van der Waals surface area contributed by atoms with E-state index in [1.807, 2.05) is 41.4 Å². The molecule has 5 heterocycles. The van der Waals surface area contributed by atoms with Crippen LogP contribution >= 0.6 is 0 Å².